The SMILES string of the molecule is Cn1cc(-c2nc(NC3CCCCC3(NC(=O)O)C(C)(C)C)c(Cl)c3c2C(=O)NC3)cn1. The molecule has 4 rings (SSSR count). The van der Waals surface area contributed by atoms with Crippen molar-refractivity contribution in [1.82, 2.24) is 25.4 Å². The minimum absolute atomic E-state index is 0.214. The molecule has 1 aliphatic carbocycles. The molecule has 0 spiro atoms. The van der Waals surface area contributed by atoms with E-state index in [2.05, 4.69) is 21.0 Å². The van der Waals surface area contributed by atoms with Gasteiger partial charge in [0.05, 0.1) is 34.1 Å². The fraction of sp³-hybridized carbons (Fsp3) is 0.545. The van der Waals surface area contributed by atoms with Crippen LogP contribution in [0, 0.1) is 5.41 Å². The second-order valence-corrected chi connectivity index (χ2v) is 10.0. The molecule has 10 heteroatoms. The fourth-order valence-electron chi connectivity index (χ4n) is 5.09. The molecule has 172 valence electrons. The zero-order valence-corrected chi connectivity index (χ0v) is 19.5. The van der Waals surface area contributed by atoms with Crippen LogP contribution in [0.5, 0.6) is 0 Å². The van der Waals surface area contributed by atoms with Crippen LogP contribution < -0.4 is 16.0 Å². The van der Waals surface area contributed by atoms with Gasteiger partial charge in [0.15, 0.2) is 0 Å². The predicted octanol–water partition coefficient (Wildman–Crippen LogP) is 3.79. The van der Waals surface area contributed by atoms with Crippen molar-refractivity contribution < 1.29 is 14.7 Å². The highest BCUT2D eigenvalue weighted by Gasteiger charge is 2.51. The number of pyridine rings is 1. The molecular weight excluding hydrogens is 432 g/mol. The maximum Gasteiger partial charge on any atom is 0.405 e. The number of aryl methyl sites for hydroxylation is 1. The fourth-order valence-corrected chi connectivity index (χ4v) is 5.35. The van der Waals surface area contributed by atoms with E-state index in [9.17, 15) is 14.7 Å². The number of carboxylic acid groups (broad SMARTS) is 1. The molecule has 0 bridgehead atoms. The van der Waals surface area contributed by atoms with Crippen LogP contribution in [0.3, 0.4) is 0 Å². The lowest BCUT2D eigenvalue weighted by atomic mass is 9.63. The summed E-state index contributed by atoms with van der Waals surface area (Å²) in [7, 11) is 1.80. The van der Waals surface area contributed by atoms with E-state index in [-0.39, 0.29) is 17.4 Å². The van der Waals surface area contributed by atoms with Gasteiger partial charge in [0.2, 0.25) is 0 Å². The summed E-state index contributed by atoms with van der Waals surface area (Å²) in [6.07, 6.45) is 5.79. The summed E-state index contributed by atoms with van der Waals surface area (Å²) >= 11 is 6.74. The van der Waals surface area contributed by atoms with Crippen molar-refractivity contribution in [2.24, 2.45) is 12.5 Å². The summed E-state index contributed by atoms with van der Waals surface area (Å²) in [6.45, 7) is 6.46. The van der Waals surface area contributed by atoms with Gasteiger partial charge < -0.3 is 21.1 Å². The third-order valence-corrected chi connectivity index (χ3v) is 7.16. The smallest absolute Gasteiger partial charge is 0.405 e. The van der Waals surface area contributed by atoms with Crippen LogP contribution in [0.15, 0.2) is 12.4 Å². The van der Waals surface area contributed by atoms with Crippen LogP contribution in [0.4, 0.5) is 10.6 Å². The maximum absolute atomic E-state index is 12.5. The standard InChI is InChI=1S/C22H29ClN6O3/c1-21(2,3)22(28-20(31)32)8-6-5-7-14(22)26-18-16(23)13-10-24-19(30)15(13)17(27-18)12-9-25-29(4)11-12/h9,11,14,28H,5-8,10H2,1-4H3,(H,24,30)(H,26,27)(H,31,32). The van der Waals surface area contributed by atoms with Crippen molar-refractivity contribution in [1.29, 1.82) is 0 Å². The Morgan fingerprint density at radius 2 is 2.12 bits per heavy atom. The molecule has 1 saturated carbocycles. The first kappa shape index (κ1) is 22.4. The van der Waals surface area contributed by atoms with Gasteiger partial charge in [-0.15, -0.1) is 0 Å². The number of rotatable bonds is 4. The average molecular weight is 461 g/mol. The van der Waals surface area contributed by atoms with Crippen molar-refractivity contribution >= 4 is 29.4 Å². The normalized spacial score (nSPS) is 22.9. The van der Waals surface area contributed by atoms with Crippen molar-refractivity contribution in [3.63, 3.8) is 0 Å². The molecule has 2 atom stereocenters. The minimum atomic E-state index is -1.05. The van der Waals surface area contributed by atoms with Gasteiger partial charge >= 0.3 is 6.09 Å². The zero-order valence-electron chi connectivity index (χ0n) is 18.8. The van der Waals surface area contributed by atoms with E-state index in [1.807, 2.05) is 20.8 Å². The molecule has 1 fully saturated rings. The van der Waals surface area contributed by atoms with Crippen molar-refractivity contribution in [2.75, 3.05) is 5.32 Å². The van der Waals surface area contributed by atoms with E-state index in [1.54, 1.807) is 24.1 Å². The number of amides is 2. The van der Waals surface area contributed by atoms with Gasteiger partial charge in [-0.1, -0.05) is 45.2 Å². The number of halogens is 1. The van der Waals surface area contributed by atoms with Gasteiger partial charge in [-0.25, -0.2) is 9.78 Å². The summed E-state index contributed by atoms with van der Waals surface area (Å²) in [5.74, 6) is 0.238. The Kier molecular flexibility index (Phi) is 5.56. The Balaban J connectivity index is 1.81. The lowest BCUT2D eigenvalue weighted by Gasteiger charge is -2.52. The number of aromatic nitrogens is 3. The molecule has 2 unspecified atom stereocenters. The molecule has 2 aliphatic rings. The first-order valence-corrected chi connectivity index (χ1v) is 11.2. The van der Waals surface area contributed by atoms with Gasteiger partial charge in [-0.2, -0.15) is 5.10 Å². The molecule has 0 aromatic carbocycles. The Morgan fingerprint density at radius 1 is 1.38 bits per heavy atom. The summed E-state index contributed by atoms with van der Waals surface area (Å²) in [6, 6.07) is -0.220. The average Bonchev–Trinajstić information content (AvgIpc) is 3.30. The first-order chi connectivity index (χ1) is 15.0. The summed E-state index contributed by atoms with van der Waals surface area (Å²) in [4.78, 5) is 29.1. The van der Waals surface area contributed by atoms with Crippen molar-refractivity contribution in [2.45, 2.75) is 64.6 Å². The second kappa shape index (κ2) is 7.95. The molecule has 0 saturated heterocycles. The van der Waals surface area contributed by atoms with E-state index >= 15 is 0 Å². The largest absolute Gasteiger partial charge is 0.465 e. The molecule has 9 nitrogen and oxygen atoms in total. The number of nitrogens with zero attached hydrogens (tertiary/aromatic N) is 3. The lowest BCUT2D eigenvalue weighted by molar-refractivity contribution is 0.0720. The summed E-state index contributed by atoms with van der Waals surface area (Å²) in [5.41, 5.74) is 1.33. The highest BCUT2D eigenvalue weighted by molar-refractivity contribution is 6.34. The number of hydrogen-bond acceptors (Lipinski definition) is 5. The van der Waals surface area contributed by atoms with E-state index in [4.69, 9.17) is 16.6 Å². The zero-order chi connectivity index (χ0) is 23.3. The predicted molar refractivity (Wildman–Crippen MR) is 122 cm³/mol. The third-order valence-electron chi connectivity index (χ3n) is 6.75. The number of hydrogen-bond donors (Lipinski definition) is 4. The number of carbonyl (C=O) groups excluding carboxylic acids is 1. The Bertz CT molecular complexity index is 1080. The van der Waals surface area contributed by atoms with Gasteiger partial charge in [-0.3, -0.25) is 9.48 Å². The molecule has 2 aromatic rings. The molecule has 4 N–H and O–H groups in total. The third kappa shape index (κ3) is 3.68. The van der Waals surface area contributed by atoms with Crippen molar-refractivity contribution in [3.05, 3.63) is 28.5 Å². The molecule has 3 heterocycles. The summed E-state index contributed by atoms with van der Waals surface area (Å²) in [5, 5.41) is 23.4. The molecule has 1 aliphatic heterocycles. The highest BCUT2D eigenvalue weighted by atomic mass is 35.5. The molecule has 0 radical (unpaired) electrons. The van der Waals surface area contributed by atoms with Gasteiger partial charge in [-0.05, 0) is 18.3 Å². The van der Waals surface area contributed by atoms with Crippen LogP contribution in [0.2, 0.25) is 5.02 Å². The van der Waals surface area contributed by atoms with Crippen LogP contribution in [0.1, 0.15) is 62.4 Å². The van der Waals surface area contributed by atoms with E-state index in [0.29, 0.717) is 40.6 Å². The van der Waals surface area contributed by atoms with Gasteiger partial charge in [0.1, 0.15) is 5.82 Å². The molecule has 2 aromatic heterocycles. The minimum Gasteiger partial charge on any atom is -0.465 e. The van der Waals surface area contributed by atoms with Crippen molar-refractivity contribution in [3.8, 4) is 11.3 Å². The Hall–Kier alpha value is -2.81. The molecule has 32 heavy (non-hydrogen) atoms. The number of anilines is 1. The van der Waals surface area contributed by atoms with Crippen LogP contribution in [0.25, 0.3) is 11.3 Å². The van der Waals surface area contributed by atoms with E-state index in [0.717, 1.165) is 24.8 Å². The number of fused-ring (bicyclic) bond motifs is 1. The second-order valence-electron chi connectivity index (χ2n) is 9.66. The Labute approximate surface area is 191 Å². The topological polar surface area (TPSA) is 121 Å². The molecular formula is C22H29ClN6O3. The van der Waals surface area contributed by atoms with Crippen LogP contribution in [-0.4, -0.2) is 43.5 Å². The Morgan fingerprint density at radius 3 is 2.75 bits per heavy atom. The summed E-state index contributed by atoms with van der Waals surface area (Å²) < 4.78 is 1.65. The monoisotopic (exact) mass is 460 g/mol. The first-order valence-electron chi connectivity index (χ1n) is 10.8. The van der Waals surface area contributed by atoms with Crippen LogP contribution in [-0.2, 0) is 13.6 Å². The van der Waals surface area contributed by atoms with E-state index < -0.39 is 11.6 Å². The van der Waals surface area contributed by atoms with Gasteiger partial charge in [0.25, 0.3) is 5.91 Å². The highest BCUT2D eigenvalue weighted by Crippen LogP contribution is 2.45. The quantitative estimate of drug-likeness (QED) is 0.550. The number of nitrogens with one attached hydrogen (secondary N) is 3. The molecule has 2 amide bonds. The van der Waals surface area contributed by atoms with Gasteiger partial charge in [0, 0.05) is 30.9 Å². The lowest BCUT2D eigenvalue weighted by Crippen LogP contribution is -2.67. The van der Waals surface area contributed by atoms with Crippen LogP contribution >= 0.6 is 11.6 Å². The number of carbonyl (C=O) groups is 2. The van der Waals surface area contributed by atoms with E-state index in [1.165, 1.54) is 0 Å². The maximum atomic E-state index is 12.5.